The van der Waals surface area contributed by atoms with E-state index >= 15 is 0 Å². The average molecular weight is 259 g/mol. The zero-order valence-corrected chi connectivity index (χ0v) is 13.1. The topological polar surface area (TPSA) is 30.5 Å². The molecule has 0 bridgehead atoms. The third kappa shape index (κ3) is 15.9. The lowest BCUT2D eigenvalue weighted by molar-refractivity contribution is 0.0186. The fraction of sp³-hybridized carbons (Fsp3) is 1.00. The number of nitrogens with one attached hydrogen (secondary N) is 1. The van der Waals surface area contributed by atoms with Crippen molar-refractivity contribution in [2.45, 2.75) is 71.9 Å². The van der Waals surface area contributed by atoms with Crippen LogP contribution in [0.1, 0.15) is 60.3 Å². The minimum atomic E-state index is 0.250. The van der Waals surface area contributed by atoms with E-state index in [0.717, 1.165) is 26.2 Å². The molecule has 0 aliphatic carbocycles. The van der Waals surface area contributed by atoms with E-state index in [0.29, 0.717) is 12.7 Å². The molecule has 0 atom stereocenters. The molecule has 0 rings (SSSR count). The molecule has 0 fully saturated rings. The van der Waals surface area contributed by atoms with Gasteiger partial charge in [-0.3, -0.25) is 0 Å². The highest BCUT2D eigenvalue weighted by molar-refractivity contribution is 4.69. The summed E-state index contributed by atoms with van der Waals surface area (Å²) in [6.07, 6.45) is 5.28. The molecule has 3 nitrogen and oxygen atoms in total. The molecule has 0 aliphatic rings. The van der Waals surface area contributed by atoms with Crippen molar-refractivity contribution >= 4 is 0 Å². The van der Waals surface area contributed by atoms with Gasteiger partial charge in [0, 0.05) is 12.1 Å². The van der Waals surface area contributed by atoms with E-state index in [1.165, 1.54) is 19.3 Å². The van der Waals surface area contributed by atoms with Gasteiger partial charge in [0.15, 0.2) is 0 Å². The molecule has 110 valence electrons. The Morgan fingerprint density at radius 3 is 2.17 bits per heavy atom. The maximum absolute atomic E-state index is 5.50. The van der Waals surface area contributed by atoms with Gasteiger partial charge in [-0.2, -0.15) is 0 Å². The van der Waals surface area contributed by atoms with Crippen LogP contribution in [0.4, 0.5) is 0 Å². The van der Waals surface area contributed by atoms with Crippen LogP contribution in [-0.4, -0.2) is 38.0 Å². The van der Waals surface area contributed by atoms with Gasteiger partial charge < -0.3 is 14.8 Å². The molecule has 0 saturated carbocycles. The predicted octanol–water partition coefficient (Wildman–Crippen LogP) is 3.38. The van der Waals surface area contributed by atoms with Crippen molar-refractivity contribution in [3.05, 3.63) is 0 Å². The van der Waals surface area contributed by atoms with Gasteiger partial charge in [0.2, 0.25) is 0 Å². The number of ether oxygens (including phenoxy) is 2. The van der Waals surface area contributed by atoms with Crippen LogP contribution in [0.15, 0.2) is 0 Å². The molecule has 0 radical (unpaired) electrons. The van der Waals surface area contributed by atoms with Gasteiger partial charge >= 0.3 is 0 Å². The van der Waals surface area contributed by atoms with E-state index in [4.69, 9.17) is 9.47 Å². The lowest BCUT2D eigenvalue weighted by Gasteiger charge is -2.20. The van der Waals surface area contributed by atoms with Crippen molar-refractivity contribution in [1.82, 2.24) is 5.32 Å². The lowest BCUT2D eigenvalue weighted by atomic mass is 10.1. The molecule has 0 spiro atoms. The molecule has 0 aliphatic heterocycles. The third-order valence-corrected chi connectivity index (χ3v) is 2.55. The predicted molar refractivity (Wildman–Crippen MR) is 78.1 cm³/mol. The summed E-state index contributed by atoms with van der Waals surface area (Å²) in [6.45, 7) is 14.1. The van der Waals surface area contributed by atoms with Gasteiger partial charge in [-0.05, 0) is 54.0 Å². The second-order valence-electron chi connectivity index (χ2n) is 6.12. The van der Waals surface area contributed by atoms with Crippen molar-refractivity contribution in [1.29, 1.82) is 0 Å². The molecule has 0 heterocycles. The van der Waals surface area contributed by atoms with Crippen molar-refractivity contribution in [2.75, 3.05) is 26.4 Å². The minimum Gasteiger partial charge on any atom is -0.379 e. The summed E-state index contributed by atoms with van der Waals surface area (Å²) in [5, 5.41) is 3.50. The quantitative estimate of drug-likeness (QED) is 0.577. The highest BCUT2D eigenvalue weighted by atomic mass is 16.5. The second-order valence-corrected chi connectivity index (χ2v) is 6.12. The first-order valence-corrected chi connectivity index (χ1v) is 7.36. The number of unbranched alkanes of at least 4 members (excludes halogenated alkanes) is 3. The highest BCUT2D eigenvalue weighted by Crippen LogP contribution is 2.02. The van der Waals surface area contributed by atoms with Crippen LogP contribution in [0.3, 0.4) is 0 Å². The molecule has 3 heteroatoms. The molecule has 0 saturated heterocycles. The van der Waals surface area contributed by atoms with E-state index in [9.17, 15) is 0 Å². The summed E-state index contributed by atoms with van der Waals surface area (Å²) >= 11 is 0. The Hall–Kier alpha value is -0.120. The van der Waals surface area contributed by atoms with Gasteiger partial charge in [-0.25, -0.2) is 0 Å². The molecular formula is C15H33NO2. The zero-order chi connectivity index (χ0) is 13.9. The first-order chi connectivity index (χ1) is 8.42. The summed E-state index contributed by atoms with van der Waals surface area (Å²) in [4.78, 5) is 0. The maximum Gasteiger partial charge on any atom is 0.0703 e. The average Bonchev–Trinajstić information content (AvgIpc) is 2.24. The summed E-state index contributed by atoms with van der Waals surface area (Å²) in [7, 11) is 0. The van der Waals surface area contributed by atoms with Crippen LogP contribution < -0.4 is 5.32 Å². The summed E-state index contributed by atoms with van der Waals surface area (Å²) < 4.78 is 10.9. The van der Waals surface area contributed by atoms with Gasteiger partial charge in [0.05, 0.1) is 19.3 Å². The van der Waals surface area contributed by atoms with E-state index in [-0.39, 0.29) is 5.54 Å². The monoisotopic (exact) mass is 259 g/mol. The van der Waals surface area contributed by atoms with Crippen LogP contribution in [-0.2, 0) is 9.47 Å². The Morgan fingerprint density at radius 2 is 1.56 bits per heavy atom. The molecule has 0 aromatic rings. The van der Waals surface area contributed by atoms with Crippen molar-refractivity contribution in [2.24, 2.45) is 0 Å². The Labute approximate surface area is 114 Å². The molecule has 1 N–H and O–H groups in total. The van der Waals surface area contributed by atoms with Gasteiger partial charge in [0.1, 0.15) is 0 Å². The van der Waals surface area contributed by atoms with E-state index < -0.39 is 0 Å². The normalized spacial score (nSPS) is 12.3. The highest BCUT2D eigenvalue weighted by Gasteiger charge is 2.06. The van der Waals surface area contributed by atoms with E-state index in [2.05, 4.69) is 26.1 Å². The van der Waals surface area contributed by atoms with Gasteiger partial charge in [-0.15, -0.1) is 0 Å². The fourth-order valence-corrected chi connectivity index (χ4v) is 1.59. The SMILES string of the molecule is CC(C)OCCOCCCCCCNC(C)(C)C. The Morgan fingerprint density at radius 1 is 0.889 bits per heavy atom. The molecule has 0 amide bonds. The van der Waals surface area contributed by atoms with Gasteiger partial charge in [-0.1, -0.05) is 12.8 Å². The van der Waals surface area contributed by atoms with E-state index in [1.54, 1.807) is 0 Å². The minimum absolute atomic E-state index is 0.250. The van der Waals surface area contributed by atoms with Crippen molar-refractivity contribution in [3.63, 3.8) is 0 Å². The Bertz CT molecular complexity index is 176. The Balaban J connectivity index is 3.04. The van der Waals surface area contributed by atoms with Crippen LogP contribution in [0, 0.1) is 0 Å². The standard InChI is InChI=1S/C15H33NO2/c1-14(2)18-13-12-17-11-9-7-6-8-10-16-15(3,4)5/h14,16H,6-13H2,1-5H3. The van der Waals surface area contributed by atoms with Crippen LogP contribution >= 0.6 is 0 Å². The fourth-order valence-electron chi connectivity index (χ4n) is 1.59. The number of hydrogen-bond acceptors (Lipinski definition) is 3. The van der Waals surface area contributed by atoms with Crippen LogP contribution in [0.5, 0.6) is 0 Å². The largest absolute Gasteiger partial charge is 0.379 e. The van der Waals surface area contributed by atoms with Crippen molar-refractivity contribution in [3.8, 4) is 0 Å². The van der Waals surface area contributed by atoms with E-state index in [1.807, 2.05) is 13.8 Å². The smallest absolute Gasteiger partial charge is 0.0703 e. The second kappa shape index (κ2) is 10.8. The van der Waals surface area contributed by atoms with Gasteiger partial charge in [0.25, 0.3) is 0 Å². The van der Waals surface area contributed by atoms with Crippen molar-refractivity contribution < 1.29 is 9.47 Å². The maximum atomic E-state index is 5.50. The number of hydrogen-bond donors (Lipinski definition) is 1. The zero-order valence-electron chi connectivity index (χ0n) is 13.1. The summed E-state index contributed by atoms with van der Waals surface area (Å²) in [5.74, 6) is 0. The summed E-state index contributed by atoms with van der Waals surface area (Å²) in [5.41, 5.74) is 0.250. The summed E-state index contributed by atoms with van der Waals surface area (Å²) in [6, 6.07) is 0. The molecular weight excluding hydrogens is 226 g/mol. The molecule has 0 aromatic heterocycles. The lowest BCUT2D eigenvalue weighted by Crippen LogP contribution is -2.36. The number of rotatable bonds is 11. The van der Waals surface area contributed by atoms with Crippen LogP contribution in [0.25, 0.3) is 0 Å². The third-order valence-electron chi connectivity index (χ3n) is 2.55. The molecule has 0 unspecified atom stereocenters. The van der Waals surface area contributed by atoms with Crippen LogP contribution in [0.2, 0.25) is 0 Å². The molecule has 18 heavy (non-hydrogen) atoms. The molecule has 0 aromatic carbocycles. The Kier molecular flexibility index (Phi) is 10.7. The first-order valence-electron chi connectivity index (χ1n) is 7.36. The first kappa shape index (κ1) is 17.9.